The summed E-state index contributed by atoms with van der Waals surface area (Å²) in [6.07, 6.45) is 0. The standard InChI is InChI=1S/C22H25N3O3S/c1-13(2)25-21(27)16-8-6-7-9-17(16)24-22(25)29-15(4)20(26)23-18-12-14(3)10-11-19(18)28-5/h6-13,15H,1-5H3,(H,23,26). The number of nitrogens with one attached hydrogen (secondary N) is 1. The Balaban J connectivity index is 1.90. The lowest BCUT2D eigenvalue weighted by atomic mass is 10.2. The summed E-state index contributed by atoms with van der Waals surface area (Å²) in [5, 5.41) is 3.57. The Kier molecular flexibility index (Phi) is 6.27. The number of para-hydroxylation sites is 1. The van der Waals surface area contributed by atoms with Gasteiger partial charge in [-0.15, -0.1) is 0 Å². The minimum atomic E-state index is -0.460. The third kappa shape index (κ3) is 4.45. The molecule has 1 amide bonds. The van der Waals surface area contributed by atoms with Gasteiger partial charge >= 0.3 is 0 Å². The maximum atomic E-state index is 12.9. The van der Waals surface area contributed by atoms with Gasteiger partial charge in [0.2, 0.25) is 5.91 Å². The molecule has 0 saturated heterocycles. The van der Waals surface area contributed by atoms with Crippen LogP contribution in [0.25, 0.3) is 10.9 Å². The summed E-state index contributed by atoms with van der Waals surface area (Å²) in [6, 6.07) is 12.8. The molecule has 29 heavy (non-hydrogen) atoms. The largest absolute Gasteiger partial charge is 0.495 e. The van der Waals surface area contributed by atoms with Crippen LogP contribution in [0.3, 0.4) is 0 Å². The van der Waals surface area contributed by atoms with E-state index < -0.39 is 5.25 Å². The highest BCUT2D eigenvalue weighted by Crippen LogP contribution is 2.28. The van der Waals surface area contributed by atoms with Crippen molar-refractivity contribution in [1.82, 2.24) is 9.55 Å². The van der Waals surface area contributed by atoms with Gasteiger partial charge in [-0.1, -0.05) is 30.0 Å². The van der Waals surface area contributed by atoms with Crippen molar-refractivity contribution in [2.75, 3.05) is 12.4 Å². The normalized spacial score (nSPS) is 12.2. The van der Waals surface area contributed by atoms with Crippen molar-refractivity contribution in [2.24, 2.45) is 0 Å². The number of amides is 1. The highest BCUT2D eigenvalue weighted by Gasteiger charge is 2.21. The molecule has 2 aromatic carbocycles. The van der Waals surface area contributed by atoms with E-state index in [0.29, 0.717) is 27.5 Å². The van der Waals surface area contributed by atoms with E-state index in [9.17, 15) is 9.59 Å². The van der Waals surface area contributed by atoms with E-state index in [1.807, 2.05) is 57.2 Å². The molecule has 1 atom stereocenters. The van der Waals surface area contributed by atoms with E-state index in [4.69, 9.17) is 4.74 Å². The SMILES string of the molecule is COc1ccc(C)cc1NC(=O)C(C)Sc1nc2ccccc2c(=O)n1C(C)C. The fraction of sp³-hybridized carbons (Fsp3) is 0.318. The molecule has 0 aliphatic carbocycles. The van der Waals surface area contributed by atoms with Gasteiger partial charge in [0.25, 0.3) is 5.56 Å². The van der Waals surface area contributed by atoms with E-state index in [1.165, 1.54) is 11.8 Å². The average molecular weight is 412 g/mol. The Labute approximate surface area is 174 Å². The predicted octanol–water partition coefficient (Wildman–Crippen LogP) is 4.41. The molecule has 0 spiro atoms. The van der Waals surface area contributed by atoms with Crippen LogP contribution < -0.4 is 15.6 Å². The summed E-state index contributed by atoms with van der Waals surface area (Å²) in [7, 11) is 1.57. The molecule has 0 fully saturated rings. The van der Waals surface area contributed by atoms with Crippen LogP contribution >= 0.6 is 11.8 Å². The van der Waals surface area contributed by atoms with Crippen LogP contribution in [0, 0.1) is 6.92 Å². The molecule has 1 aromatic heterocycles. The summed E-state index contributed by atoms with van der Waals surface area (Å²) >= 11 is 1.27. The number of aryl methyl sites for hydroxylation is 1. The van der Waals surface area contributed by atoms with Gasteiger partial charge in [-0.3, -0.25) is 14.2 Å². The summed E-state index contributed by atoms with van der Waals surface area (Å²) in [5.41, 5.74) is 2.18. The number of carbonyl (C=O) groups is 1. The van der Waals surface area contributed by atoms with E-state index in [2.05, 4.69) is 10.3 Å². The van der Waals surface area contributed by atoms with E-state index in [1.54, 1.807) is 24.7 Å². The molecule has 1 unspecified atom stereocenters. The molecule has 0 radical (unpaired) electrons. The van der Waals surface area contributed by atoms with Crippen molar-refractivity contribution in [1.29, 1.82) is 0 Å². The summed E-state index contributed by atoms with van der Waals surface area (Å²) in [4.78, 5) is 30.4. The fourth-order valence-corrected chi connectivity index (χ4v) is 4.07. The molecule has 6 nitrogen and oxygen atoms in total. The van der Waals surface area contributed by atoms with Gasteiger partial charge in [0.15, 0.2) is 5.16 Å². The van der Waals surface area contributed by atoms with Crippen molar-refractivity contribution in [3.8, 4) is 5.75 Å². The Morgan fingerprint density at radius 2 is 1.90 bits per heavy atom. The van der Waals surface area contributed by atoms with Crippen LogP contribution in [0.1, 0.15) is 32.4 Å². The number of hydrogen-bond acceptors (Lipinski definition) is 5. The van der Waals surface area contributed by atoms with Crippen LogP contribution in [0.2, 0.25) is 0 Å². The number of benzene rings is 2. The number of anilines is 1. The Morgan fingerprint density at radius 3 is 2.59 bits per heavy atom. The van der Waals surface area contributed by atoms with Crippen LogP contribution in [-0.4, -0.2) is 27.8 Å². The molecule has 1 N–H and O–H groups in total. The van der Waals surface area contributed by atoms with Crippen LogP contribution in [0.4, 0.5) is 5.69 Å². The number of carbonyl (C=O) groups excluding carboxylic acids is 1. The number of nitrogens with zero attached hydrogens (tertiary/aromatic N) is 2. The van der Waals surface area contributed by atoms with Gasteiger partial charge in [0.05, 0.1) is 29.0 Å². The minimum Gasteiger partial charge on any atom is -0.495 e. The molecular weight excluding hydrogens is 386 g/mol. The predicted molar refractivity (Wildman–Crippen MR) is 118 cm³/mol. The molecule has 1 heterocycles. The van der Waals surface area contributed by atoms with Gasteiger partial charge in [0, 0.05) is 6.04 Å². The highest BCUT2D eigenvalue weighted by atomic mass is 32.2. The Hall–Kier alpha value is -2.80. The third-order valence-corrected chi connectivity index (χ3v) is 5.62. The van der Waals surface area contributed by atoms with Crippen molar-refractivity contribution in [3.05, 3.63) is 58.4 Å². The average Bonchev–Trinajstić information content (AvgIpc) is 2.68. The van der Waals surface area contributed by atoms with E-state index in [0.717, 1.165) is 5.56 Å². The first-order chi connectivity index (χ1) is 13.8. The van der Waals surface area contributed by atoms with Gasteiger partial charge < -0.3 is 10.1 Å². The third-order valence-electron chi connectivity index (χ3n) is 4.56. The molecule has 3 rings (SSSR count). The molecule has 7 heteroatoms. The van der Waals surface area contributed by atoms with Crippen molar-refractivity contribution < 1.29 is 9.53 Å². The minimum absolute atomic E-state index is 0.0748. The number of ether oxygens (including phenoxy) is 1. The van der Waals surface area contributed by atoms with Gasteiger partial charge in [-0.2, -0.15) is 0 Å². The molecule has 0 bridgehead atoms. The van der Waals surface area contributed by atoms with Gasteiger partial charge in [-0.05, 0) is 57.5 Å². The monoisotopic (exact) mass is 411 g/mol. The topological polar surface area (TPSA) is 73.2 Å². The molecule has 152 valence electrons. The first kappa shape index (κ1) is 20.9. The van der Waals surface area contributed by atoms with E-state index >= 15 is 0 Å². The zero-order chi connectivity index (χ0) is 21.1. The summed E-state index contributed by atoms with van der Waals surface area (Å²) in [5.74, 6) is 0.417. The Bertz CT molecular complexity index is 1110. The second-order valence-electron chi connectivity index (χ2n) is 7.13. The molecule has 0 aliphatic heterocycles. The smallest absolute Gasteiger partial charge is 0.262 e. The first-order valence-corrected chi connectivity index (χ1v) is 10.3. The molecular formula is C22H25N3O3S. The van der Waals surface area contributed by atoms with Crippen LogP contribution in [-0.2, 0) is 4.79 Å². The number of thioether (sulfide) groups is 1. The lowest BCUT2D eigenvalue weighted by molar-refractivity contribution is -0.115. The van der Waals surface area contributed by atoms with E-state index in [-0.39, 0.29) is 17.5 Å². The van der Waals surface area contributed by atoms with Crippen molar-refractivity contribution in [3.63, 3.8) is 0 Å². The highest BCUT2D eigenvalue weighted by molar-refractivity contribution is 8.00. The second-order valence-corrected chi connectivity index (χ2v) is 8.44. The molecule has 0 saturated carbocycles. The summed E-state index contributed by atoms with van der Waals surface area (Å²) in [6.45, 7) is 7.62. The zero-order valence-corrected chi connectivity index (χ0v) is 18.0. The van der Waals surface area contributed by atoms with Gasteiger partial charge in [0.1, 0.15) is 5.75 Å². The maximum Gasteiger partial charge on any atom is 0.262 e. The molecule has 0 aliphatic rings. The number of rotatable bonds is 6. The Morgan fingerprint density at radius 1 is 1.17 bits per heavy atom. The van der Waals surface area contributed by atoms with Crippen LogP contribution in [0.15, 0.2) is 52.4 Å². The second kappa shape index (κ2) is 8.69. The molecule has 3 aromatic rings. The van der Waals surface area contributed by atoms with Crippen molar-refractivity contribution in [2.45, 2.75) is 44.1 Å². The quantitative estimate of drug-likeness (QED) is 0.480. The van der Waals surface area contributed by atoms with Crippen molar-refractivity contribution >= 4 is 34.3 Å². The maximum absolute atomic E-state index is 12.9. The number of methoxy groups -OCH3 is 1. The van der Waals surface area contributed by atoms with Crippen LogP contribution in [0.5, 0.6) is 5.75 Å². The number of fused-ring (bicyclic) bond motifs is 1. The fourth-order valence-electron chi connectivity index (χ4n) is 3.03. The lowest BCUT2D eigenvalue weighted by Crippen LogP contribution is -2.28. The summed E-state index contributed by atoms with van der Waals surface area (Å²) < 4.78 is 6.98. The number of aromatic nitrogens is 2. The zero-order valence-electron chi connectivity index (χ0n) is 17.2. The van der Waals surface area contributed by atoms with Gasteiger partial charge in [-0.25, -0.2) is 4.98 Å². The first-order valence-electron chi connectivity index (χ1n) is 9.45. The number of hydrogen-bond donors (Lipinski definition) is 1. The lowest BCUT2D eigenvalue weighted by Gasteiger charge is -2.19.